The van der Waals surface area contributed by atoms with Gasteiger partial charge in [-0.3, -0.25) is 4.99 Å². The number of hydrogen-bond donors (Lipinski definition) is 0. The van der Waals surface area contributed by atoms with Crippen molar-refractivity contribution in [1.29, 1.82) is 0 Å². The van der Waals surface area contributed by atoms with Crippen LogP contribution in [0.2, 0.25) is 0 Å². The SMILES string of the molecule is c1ccc2oc(SCC3CN=C(N4CCOCC4)S3)nc2c1. The Morgan fingerprint density at radius 3 is 3.00 bits per heavy atom. The molecule has 2 aliphatic heterocycles. The summed E-state index contributed by atoms with van der Waals surface area (Å²) in [5.41, 5.74) is 1.78. The largest absolute Gasteiger partial charge is 0.431 e. The molecule has 5 nitrogen and oxygen atoms in total. The number of ether oxygens (including phenoxy) is 1. The number of thioether (sulfide) groups is 2. The molecule has 1 aromatic carbocycles. The average Bonchev–Trinajstić information content (AvgIpc) is 3.20. The van der Waals surface area contributed by atoms with Crippen LogP contribution < -0.4 is 0 Å². The molecule has 0 saturated carbocycles. The molecule has 1 fully saturated rings. The summed E-state index contributed by atoms with van der Waals surface area (Å²) in [6.07, 6.45) is 0. The van der Waals surface area contributed by atoms with Crippen LogP contribution >= 0.6 is 23.5 Å². The molecule has 0 radical (unpaired) electrons. The second kappa shape index (κ2) is 6.52. The van der Waals surface area contributed by atoms with Crippen molar-refractivity contribution in [3.8, 4) is 0 Å². The number of aromatic nitrogens is 1. The van der Waals surface area contributed by atoms with E-state index in [2.05, 4.69) is 14.9 Å². The first-order valence-electron chi connectivity index (χ1n) is 7.41. The van der Waals surface area contributed by atoms with Crippen molar-refractivity contribution in [2.24, 2.45) is 4.99 Å². The highest BCUT2D eigenvalue weighted by Gasteiger charge is 2.25. The van der Waals surface area contributed by atoms with Gasteiger partial charge in [0.05, 0.1) is 19.8 Å². The number of para-hydroxylation sites is 2. The van der Waals surface area contributed by atoms with Gasteiger partial charge in [-0.15, -0.1) is 0 Å². The number of aliphatic imine (C=N–C) groups is 1. The molecule has 0 amide bonds. The maximum atomic E-state index is 5.75. The van der Waals surface area contributed by atoms with Crippen LogP contribution in [0.4, 0.5) is 0 Å². The molecule has 1 saturated heterocycles. The molecule has 7 heteroatoms. The lowest BCUT2D eigenvalue weighted by atomic mass is 10.3. The normalized spacial score (nSPS) is 22.3. The first-order valence-corrected chi connectivity index (χ1v) is 9.27. The van der Waals surface area contributed by atoms with E-state index in [4.69, 9.17) is 9.15 Å². The zero-order valence-corrected chi connectivity index (χ0v) is 13.7. The first kappa shape index (κ1) is 14.4. The quantitative estimate of drug-likeness (QED) is 0.804. The van der Waals surface area contributed by atoms with Crippen LogP contribution in [-0.4, -0.2) is 58.9 Å². The van der Waals surface area contributed by atoms with Crippen molar-refractivity contribution in [2.45, 2.75) is 10.5 Å². The third-order valence-corrected chi connectivity index (χ3v) is 6.10. The second-order valence-corrected chi connectivity index (χ2v) is 7.46. The zero-order chi connectivity index (χ0) is 14.8. The zero-order valence-electron chi connectivity index (χ0n) is 12.1. The van der Waals surface area contributed by atoms with Crippen molar-refractivity contribution < 1.29 is 9.15 Å². The van der Waals surface area contributed by atoms with Gasteiger partial charge in [-0.05, 0) is 12.1 Å². The number of benzene rings is 1. The van der Waals surface area contributed by atoms with Crippen LogP contribution in [0.25, 0.3) is 11.1 Å². The number of nitrogens with zero attached hydrogens (tertiary/aromatic N) is 3. The van der Waals surface area contributed by atoms with Crippen molar-refractivity contribution >= 4 is 39.8 Å². The number of fused-ring (bicyclic) bond motifs is 1. The van der Waals surface area contributed by atoms with Crippen LogP contribution in [0.1, 0.15) is 0 Å². The minimum atomic E-state index is 0.498. The molecule has 1 aromatic heterocycles. The third-order valence-electron chi connectivity index (χ3n) is 3.65. The highest BCUT2D eigenvalue weighted by molar-refractivity contribution is 8.15. The van der Waals surface area contributed by atoms with Gasteiger partial charge < -0.3 is 14.1 Å². The fourth-order valence-electron chi connectivity index (χ4n) is 2.50. The highest BCUT2D eigenvalue weighted by atomic mass is 32.2. The summed E-state index contributed by atoms with van der Waals surface area (Å²) in [4.78, 5) is 11.5. The molecule has 1 unspecified atom stereocenters. The summed E-state index contributed by atoms with van der Waals surface area (Å²) in [6, 6.07) is 7.88. The number of rotatable bonds is 3. The van der Waals surface area contributed by atoms with Gasteiger partial charge >= 0.3 is 0 Å². The molecule has 2 aliphatic rings. The van der Waals surface area contributed by atoms with Gasteiger partial charge in [-0.1, -0.05) is 35.7 Å². The fraction of sp³-hybridized carbons (Fsp3) is 0.467. The Kier molecular flexibility index (Phi) is 4.27. The molecule has 2 aromatic rings. The summed E-state index contributed by atoms with van der Waals surface area (Å²) in [5.74, 6) is 0.967. The van der Waals surface area contributed by atoms with Gasteiger partial charge in [-0.25, -0.2) is 4.98 Å². The Morgan fingerprint density at radius 1 is 1.27 bits per heavy atom. The summed E-state index contributed by atoms with van der Waals surface area (Å²) in [7, 11) is 0. The maximum Gasteiger partial charge on any atom is 0.256 e. The number of amidine groups is 1. The van der Waals surface area contributed by atoms with E-state index in [9.17, 15) is 0 Å². The summed E-state index contributed by atoms with van der Waals surface area (Å²) >= 11 is 3.55. The average molecular weight is 335 g/mol. The van der Waals surface area contributed by atoms with Crippen LogP contribution in [0, 0.1) is 0 Å². The monoisotopic (exact) mass is 335 g/mol. The lowest BCUT2D eigenvalue weighted by Crippen LogP contribution is -2.39. The number of morpholine rings is 1. The van der Waals surface area contributed by atoms with Gasteiger partial charge in [0, 0.05) is 24.1 Å². The third kappa shape index (κ3) is 3.11. The molecule has 4 rings (SSSR count). The van der Waals surface area contributed by atoms with Crippen LogP contribution in [0.15, 0.2) is 38.9 Å². The van der Waals surface area contributed by atoms with E-state index in [1.54, 1.807) is 11.8 Å². The fourth-order valence-corrected chi connectivity index (χ4v) is 4.65. The molecule has 1 atom stereocenters. The van der Waals surface area contributed by atoms with Gasteiger partial charge in [0.25, 0.3) is 5.22 Å². The van der Waals surface area contributed by atoms with E-state index in [1.165, 1.54) is 5.17 Å². The van der Waals surface area contributed by atoms with Gasteiger partial charge in [0.2, 0.25) is 0 Å². The standard InChI is InChI=1S/C15H17N3O2S2/c1-2-4-13-12(3-1)17-15(20-13)21-10-11-9-16-14(22-11)18-5-7-19-8-6-18/h1-4,11H,5-10H2. The second-order valence-electron chi connectivity index (χ2n) is 5.22. The van der Waals surface area contributed by atoms with Crippen LogP contribution in [-0.2, 0) is 4.74 Å². The Bertz CT molecular complexity index is 649. The van der Waals surface area contributed by atoms with E-state index in [-0.39, 0.29) is 0 Å². The van der Waals surface area contributed by atoms with Gasteiger partial charge in [0.15, 0.2) is 10.8 Å². The van der Waals surface area contributed by atoms with Crippen molar-refractivity contribution in [3.63, 3.8) is 0 Å². The molecule has 116 valence electrons. The maximum absolute atomic E-state index is 5.75. The minimum absolute atomic E-state index is 0.498. The van der Waals surface area contributed by atoms with E-state index in [1.807, 2.05) is 36.0 Å². The Hall–Kier alpha value is -1.18. The molecule has 0 bridgehead atoms. The lowest BCUT2D eigenvalue weighted by molar-refractivity contribution is 0.0693. The van der Waals surface area contributed by atoms with E-state index in [0.29, 0.717) is 5.25 Å². The summed E-state index contributed by atoms with van der Waals surface area (Å²) in [6.45, 7) is 4.40. The summed E-state index contributed by atoms with van der Waals surface area (Å²) in [5, 5.41) is 2.42. The predicted octanol–water partition coefficient (Wildman–Crippen LogP) is 2.72. The predicted molar refractivity (Wildman–Crippen MR) is 90.8 cm³/mol. The van der Waals surface area contributed by atoms with E-state index < -0.39 is 0 Å². The lowest BCUT2D eigenvalue weighted by Gasteiger charge is -2.28. The number of oxazole rings is 1. The van der Waals surface area contributed by atoms with Gasteiger partial charge in [-0.2, -0.15) is 0 Å². The van der Waals surface area contributed by atoms with E-state index >= 15 is 0 Å². The number of hydrogen-bond acceptors (Lipinski definition) is 7. The molecular formula is C15H17N3O2S2. The Balaban J connectivity index is 1.31. The minimum Gasteiger partial charge on any atom is -0.431 e. The van der Waals surface area contributed by atoms with Crippen LogP contribution in [0.5, 0.6) is 0 Å². The summed E-state index contributed by atoms with van der Waals surface area (Å²) < 4.78 is 11.1. The molecule has 0 spiro atoms. The smallest absolute Gasteiger partial charge is 0.256 e. The molecular weight excluding hydrogens is 318 g/mol. The van der Waals surface area contributed by atoms with Crippen LogP contribution in [0.3, 0.4) is 0 Å². The first-order chi connectivity index (χ1) is 10.9. The van der Waals surface area contributed by atoms with Crippen molar-refractivity contribution in [1.82, 2.24) is 9.88 Å². The molecule has 22 heavy (non-hydrogen) atoms. The highest BCUT2D eigenvalue weighted by Crippen LogP contribution is 2.30. The van der Waals surface area contributed by atoms with Gasteiger partial charge in [0.1, 0.15) is 5.52 Å². The topological polar surface area (TPSA) is 50.9 Å². The molecule has 0 aliphatic carbocycles. The van der Waals surface area contributed by atoms with Crippen molar-refractivity contribution in [2.75, 3.05) is 38.6 Å². The van der Waals surface area contributed by atoms with Crippen molar-refractivity contribution in [3.05, 3.63) is 24.3 Å². The Labute approximate surface area is 137 Å². The molecule has 3 heterocycles. The molecule has 0 N–H and O–H groups in total. The Morgan fingerprint density at radius 2 is 2.14 bits per heavy atom. The van der Waals surface area contributed by atoms with E-state index in [0.717, 1.165) is 54.9 Å².